The van der Waals surface area contributed by atoms with Gasteiger partial charge < -0.3 is 14.2 Å². The van der Waals surface area contributed by atoms with Gasteiger partial charge in [-0.25, -0.2) is 13.4 Å². The molecule has 9 heteroatoms. The van der Waals surface area contributed by atoms with Crippen LogP contribution in [0.2, 0.25) is 0 Å². The van der Waals surface area contributed by atoms with Gasteiger partial charge in [0.1, 0.15) is 11.6 Å². The van der Waals surface area contributed by atoms with Gasteiger partial charge in [-0.1, -0.05) is 30.7 Å². The van der Waals surface area contributed by atoms with Crippen LogP contribution in [0.1, 0.15) is 36.5 Å². The van der Waals surface area contributed by atoms with Crippen molar-refractivity contribution >= 4 is 21.4 Å². The summed E-state index contributed by atoms with van der Waals surface area (Å²) in [6, 6.07) is 12.2. The Morgan fingerprint density at radius 2 is 1.70 bits per heavy atom. The Labute approximate surface area is 200 Å². The SMILES string of the molecule is CCC(C)N(Cc1csc(COc2c(OC)cccc2OC)n1)S(=O)(=O)c1ccc(C)cc1. The van der Waals surface area contributed by atoms with E-state index in [0.717, 1.165) is 10.6 Å². The predicted octanol–water partition coefficient (Wildman–Crippen LogP) is 5.04. The van der Waals surface area contributed by atoms with Crippen molar-refractivity contribution in [2.75, 3.05) is 14.2 Å². The number of thiazole rings is 1. The number of hydrogen-bond acceptors (Lipinski definition) is 7. The molecule has 1 unspecified atom stereocenters. The fourth-order valence-electron chi connectivity index (χ4n) is 3.27. The molecule has 1 aromatic heterocycles. The Morgan fingerprint density at radius 1 is 1.06 bits per heavy atom. The molecule has 0 amide bonds. The van der Waals surface area contributed by atoms with Gasteiger partial charge in [0.15, 0.2) is 11.5 Å². The maximum Gasteiger partial charge on any atom is 0.243 e. The summed E-state index contributed by atoms with van der Waals surface area (Å²) in [5, 5.41) is 2.60. The van der Waals surface area contributed by atoms with Crippen LogP contribution in [-0.2, 0) is 23.2 Å². The minimum Gasteiger partial charge on any atom is -0.493 e. The molecule has 0 fully saturated rings. The molecule has 3 rings (SSSR count). The van der Waals surface area contributed by atoms with Crippen LogP contribution in [0, 0.1) is 6.92 Å². The first-order valence-electron chi connectivity index (χ1n) is 10.7. The summed E-state index contributed by atoms with van der Waals surface area (Å²) in [4.78, 5) is 4.91. The molecule has 0 saturated heterocycles. The van der Waals surface area contributed by atoms with Crippen molar-refractivity contribution in [3.63, 3.8) is 0 Å². The van der Waals surface area contributed by atoms with E-state index in [9.17, 15) is 8.42 Å². The summed E-state index contributed by atoms with van der Waals surface area (Å²) in [6.07, 6.45) is 0.693. The maximum absolute atomic E-state index is 13.4. The Hall–Kier alpha value is -2.62. The van der Waals surface area contributed by atoms with Crippen LogP contribution in [0.15, 0.2) is 52.7 Å². The number of aromatic nitrogens is 1. The van der Waals surface area contributed by atoms with Crippen molar-refractivity contribution in [1.82, 2.24) is 9.29 Å². The summed E-state index contributed by atoms with van der Waals surface area (Å²) in [5.41, 5.74) is 1.70. The normalized spacial score (nSPS) is 12.5. The lowest BCUT2D eigenvalue weighted by atomic mass is 10.2. The average Bonchev–Trinajstić information content (AvgIpc) is 3.28. The predicted molar refractivity (Wildman–Crippen MR) is 130 cm³/mol. The number of rotatable bonds is 11. The van der Waals surface area contributed by atoms with E-state index in [-0.39, 0.29) is 24.1 Å². The summed E-state index contributed by atoms with van der Waals surface area (Å²) < 4.78 is 44.9. The minimum atomic E-state index is -3.66. The molecule has 0 saturated carbocycles. The molecule has 1 atom stereocenters. The average molecular weight is 491 g/mol. The smallest absolute Gasteiger partial charge is 0.243 e. The van der Waals surface area contributed by atoms with E-state index in [4.69, 9.17) is 14.2 Å². The summed E-state index contributed by atoms with van der Waals surface area (Å²) in [7, 11) is -0.517. The molecule has 2 aromatic carbocycles. The minimum absolute atomic E-state index is 0.171. The number of aryl methyl sites for hydroxylation is 1. The first kappa shape index (κ1) is 25.0. The number of benzene rings is 2. The fraction of sp³-hybridized carbons (Fsp3) is 0.375. The van der Waals surface area contributed by atoms with Crippen molar-refractivity contribution in [3.8, 4) is 17.2 Å². The maximum atomic E-state index is 13.4. The number of para-hydroxylation sites is 1. The third kappa shape index (κ3) is 5.85. The first-order valence-corrected chi connectivity index (χ1v) is 13.0. The van der Waals surface area contributed by atoms with Crippen LogP contribution in [0.3, 0.4) is 0 Å². The van der Waals surface area contributed by atoms with Gasteiger partial charge in [-0.05, 0) is 44.5 Å². The summed E-state index contributed by atoms with van der Waals surface area (Å²) >= 11 is 1.43. The molecule has 33 heavy (non-hydrogen) atoms. The zero-order valence-corrected chi connectivity index (χ0v) is 21.2. The van der Waals surface area contributed by atoms with Crippen LogP contribution >= 0.6 is 11.3 Å². The van der Waals surface area contributed by atoms with E-state index < -0.39 is 10.0 Å². The third-order valence-electron chi connectivity index (χ3n) is 5.35. The van der Waals surface area contributed by atoms with Gasteiger partial charge in [0, 0.05) is 11.4 Å². The van der Waals surface area contributed by atoms with Crippen LogP contribution < -0.4 is 14.2 Å². The molecule has 0 aliphatic heterocycles. The zero-order chi connectivity index (χ0) is 24.0. The third-order valence-corrected chi connectivity index (χ3v) is 8.20. The van der Waals surface area contributed by atoms with Crippen molar-refractivity contribution in [2.24, 2.45) is 0 Å². The largest absolute Gasteiger partial charge is 0.493 e. The second kappa shape index (κ2) is 11.0. The van der Waals surface area contributed by atoms with Crippen molar-refractivity contribution in [1.29, 1.82) is 0 Å². The molecule has 178 valence electrons. The Kier molecular flexibility index (Phi) is 8.34. The molecule has 3 aromatic rings. The summed E-state index contributed by atoms with van der Waals surface area (Å²) in [6.45, 7) is 6.23. The molecule has 7 nitrogen and oxygen atoms in total. The number of nitrogens with zero attached hydrogens (tertiary/aromatic N) is 2. The van der Waals surface area contributed by atoms with Crippen LogP contribution in [0.5, 0.6) is 17.2 Å². The van der Waals surface area contributed by atoms with Crippen molar-refractivity contribution in [2.45, 2.75) is 51.3 Å². The second-order valence-electron chi connectivity index (χ2n) is 7.63. The lowest BCUT2D eigenvalue weighted by Gasteiger charge is -2.27. The van der Waals surface area contributed by atoms with E-state index in [2.05, 4.69) is 4.98 Å². The second-order valence-corrected chi connectivity index (χ2v) is 10.5. The Morgan fingerprint density at radius 3 is 2.27 bits per heavy atom. The molecular formula is C24H30N2O5S2. The van der Waals surface area contributed by atoms with Crippen LogP contribution in [-0.4, -0.2) is 38.0 Å². The highest BCUT2D eigenvalue weighted by atomic mass is 32.2. The first-order chi connectivity index (χ1) is 15.8. The van der Waals surface area contributed by atoms with Gasteiger partial charge in [-0.3, -0.25) is 0 Å². The van der Waals surface area contributed by atoms with Crippen molar-refractivity contribution in [3.05, 3.63) is 64.1 Å². The fourth-order valence-corrected chi connectivity index (χ4v) is 5.64. The van der Waals surface area contributed by atoms with Gasteiger partial charge >= 0.3 is 0 Å². The molecule has 0 aliphatic rings. The highest BCUT2D eigenvalue weighted by Gasteiger charge is 2.29. The van der Waals surface area contributed by atoms with Crippen LogP contribution in [0.25, 0.3) is 0 Å². The summed E-state index contributed by atoms with van der Waals surface area (Å²) in [5.74, 6) is 1.64. The van der Waals surface area contributed by atoms with E-state index in [0.29, 0.717) is 29.4 Å². The number of methoxy groups -OCH3 is 2. The lowest BCUT2D eigenvalue weighted by Crippen LogP contribution is -2.37. The molecule has 0 N–H and O–H groups in total. The monoisotopic (exact) mass is 490 g/mol. The molecule has 0 radical (unpaired) electrons. The Balaban J connectivity index is 1.78. The van der Waals surface area contributed by atoms with Gasteiger partial charge in [-0.15, -0.1) is 11.3 Å². The standard InChI is InChI=1S/C24H30N2O5S2/c1-6-18(3)26(33(27,28)20-12-10-17(2)11-13-20)14-19-16-32-23(25-19)15-31-24-21(29-4)8-7-9-22(24)30-5/h7-13,16,18H,6,14-15H2,1-5H3. The molecule has 0 bridgehead atoms. The highest BCUT2D eigenvalue weighted by Crippen LogP contribution is 2.37. The molecule has 1 heterocycles. The lowest BCUT2D eigenvalue weighted by molar-refractivity contribution is 0.265. The Bertz CT molecular complexity index is 1140. The van der Waals surface area contributed by atoms with E-state index >= 15 is 0 Å². The zero-order valence-electron chi connectivity index (χ0n) is 19.6. The number of ether oxygens (including phenoxy) is 3. The van der Waals surface area contributed by atoms with E-state index in [1.165, 1.54) is 15.6 Å². The number of hydrogen-bond donors (Lipinski definition) is 0. The van der Waals surface area contributed by atoms with E-state index in [1.807, 2.05) is 44.4 Å². The van der Waals surface area contributed by atoms with Gasteiger partial charge in [-0.2, -0.15) is 4.31 Å². The van der Waals surface area contributed by atoms with Crippen LogP contribution in [0.4, 0.5) is 0 Å². The van der Waals surface area contributed by atoms with Crippen molar-refractivity contribution < 1.29 is 22.6 Å². The molecule has 0 aliphatic carbocycles. The van der Waals surface area contributed by atoms with Gasteiger partial charge in [0.05, 0.1) is 31.4 Å². The van der Waals surface area contributed by atoms with E-state index in [1.54, 1.807) is 38.5 Å². The highest BCUT2D eigenvalue weighted by molar-refractivity contribution is 7.89. The van der Waals surface area contributed by atoms with Gasteiger partial charge in [0.2, 0.25) is 15.8 Å². The quantitative estimate of drug-likeness (QED) is 0.375. The van der Waals surface area contributed by atoms with Gasteiger partial charge in [0.25, 0.3) is 0 Å². The topological polar surface area (TPSA) is 78.0 Å². The molecule has 0 spiro atoms. The molecular weight excluding hydrogens is 460 g/mol. The number of sulfonamides is 1.